The molecule has 0 atom stereocenters. The molecule has 0 radical (unpaired) electrons. The molecule has 20 heavy (non-hydrogen) atoms. The first kappa shape index (κ1) is 15.7. The minimum atomic E-state index is 0.626. The van der Waals surface area contributed by atoms with E-state index in [2.05, 4.69) is 40.3 Å². The molecule has 0 saturated carbocycles. The standard InChI is InChI=1S/C15H28N4S/c1-4-19-9-6-13(7-10-19)5-8-16-15-17-14(18-20-15)11-12(2)3/h12-13H,4-11H2,1-3H3,(H,16,17,18). The van der Waals surface area contributed by atoms with Crippen molar-refractivity contribution in [1.82, 2.24) is 14.3 Å². The van der Waals surface area contributed by atoms with Crippen LogP contribution in [-0.4, -0.2) is 40.4 Å². The molecule has 2 heterocycles. The van der Waals surface area contributed by atoms with Crippen LogP contribution in [0.5, 0.6) is 0 Å². The van der Waals surface area contributed by atoms with Gasteiger partial charge in [0.1, 0.15) is 5.82 Å². The van der Waals surface area contributed by atoms with Crippen LogP contribution in [0, 0.1) is 11.8 Å². The highest BCUT2D eigenvalue weighted by Crippen LogP contribution is 2.21. The van der Waals surface area contributed by atoms with Crippen molar-refractivity contribution in [3.05, 3.63) is 5.82 Å². The van der Waals surface area contributed by atoms with Gasteiger partial charge >= 0.3 is 0 Å². The van der Waals surface area contributed by atoms with Crippen LogP contribution in [0.15, 0.2) is 0 Å². The number of rotatable bonds is 7. The van der Waals surface area contributed by atoms with E-state index in [1.54, 1.807) is 0 Å². The van der Waals surface area contributed by atoms with E-state index < -0.39 is 0 Å². The van der Waals surface area contributed by atoms with Gasteiger partial charge < -0.3 is 10.2 Å². The van der Waals surface area contributed by atoms with Gasteiger partial charge in [0.25, 0.3) is 0 Å². The van der Waals surface area contributed by atoms with E-state index in [0.717, 1.165) is 29.8 Å². The predicted octanol–water partition coefficient (Wildman–Crippen LogP) is 3.27. The topological polar surface area (TPSA) is 41.0 Å². The second kappa shape index (κ2) is 7.93. The van der Waals surface area contributed by atoms with Crippen LogP contribution in [0.4, 0.5) is 5.13 Å². The fourth-order valence-electron chi connectivity index (χ4n) is 2.75. The second-order valence-corrected chi connectivity index (χ2v) is 6.96. The lowest BCUT2D eigenvalue weighted by Gasteiger charge is -2.30. The third-order valence-electron chi connectivity index (χ3n) is 4.04. The summed E-state index contributed by atoms with van der Waals surface area (Å²) in [5, 5.41) is 4.43. The molecule has 4 nitrogen and oxygen atoms in total. The maximum atomic E-state index is 4.55. The fourth-order valence-corrected chi connectivity index (χ4v) is 3.37. The Bertz CT molecular complexity index is 383. The molecule has 0 aromatic carbocycles. The second-order valence-electron chi connectivity index (χ2n) is 6.21. The minimum absolute atomic E-state index is 0.626. The highest BCUT2D eigenvalue weighted by molar-refractivity contribution is 7.09. The molecule has 0 unspecified atom stereocenters. The van der Waals surface area contributed by atoms with Crippen LogP contribution in [-0.2, 0) is 6.42 Å². The zero-order valence-corrected chi connectivity index (χ0v) is 13.9. The molecular weight excluding hydrogens is 268 g/mol. The van der Waals surface area contributed by atoms with Crippen molar-refractivity contribution in [3.8, 4) is 0 Å². The summed E-state index contributed by atoms with van der Waals surface area (Å²) in [6, 6.07) is 0. The van der Waals surface area contributed by atoms with Gasteiger partial charge in [-0.3, -0.25) is 0 Å². The predicted molar refractivity (Wildman–Crippen MR) is 86.4 cm³/mol. The van der Waals surface area contributed by atoms with E-state index in [-0.39, 0.29) is 0 Å². The Morgan fingerprint density at radius 3 is 2.75 bits per heavy atom. The van der Waals surface area contributed by atoms with Gasteiger partial charge in [0, 0.05) is 24.5 Å². The van der Waals surface area contributed by atoms with Crippen molar-refractivity contribution in [3.63, 3.8) is 0 Å². The van der Waals surface area contributed by atoms with Crippen LogP contribution >= 0.6 is 11.5 Å². The summed E-state index contributed by atoms with van der Waals surface area (Å²) < 4.78 is 4.40. The lowest BCUT2D eigenvalue weighted by molar-refractivity contribution is 0.189. The number of hydrogen-bond donors (Lipinski definition) is 1. The van der Waals surface area contributed by atoms with Gasteiger partial charge in [-0.25, -0.2) is 4.98 Å². The van der Waals surface area contributed by atoms with Gasteiger partial charge in [0.05, 0.1) is 0 Å². The zero-order valence-electron chi connectivity index (χ0n) is 13.1. The van der Waals surface area contributed by atoms with E-state index in [1.807, 2.05) is 0 Å². The summed E-state index contributed by atoms with van der Waals surface area (Å²) in [5.74, 6) is 2.50. The molecule has 2 rings (SSSR count). The molecule has 1 saturated heterocycles. The molecule has 0 amide bonds. The first-order chi connectivity index (χ1) is 9.67. The van der Waals surface area contributed by atoms with E-state index in [1.165, 1.54) is 50.4 Å². The van der Waals surface area contributed by atoms with E-state index >= 15 is 0 Å². The largest absolute Gasteiger partial charge is 0.360 e. The van der Waals surface area contributed by atoms with Crippen LogP contribution in [0.3, 0.4) is 0 Å². The average Bonchev–Trinajstić information content (AvgIpc) is 2.86. The molecule has 114 valence electrons. The van der Waals surface area contributed by atoms with Gasteiger partial charge in [-0.1, -0.05) is 20.8 Å². The Hall–Kier alpha value is -0.680. The lowest BCUT2D eigenvalue weighted by Crippen LogP contribution is -2.33. The number of anilines is 1. The highest BCUT2D eigenvalue weighted by Gasteiger charge is 2.17. The highest BCUT2D eigenvalue weighted by atomic mass is 32.1. The third-order valence-corrected chi connectivity index (χ3v) is 4.75. The van der Waals surface area contributed by atoms with Crippen molar-refractivity contribution in [1.29, 1.82) is 0 Å². The van der Waals surface area contributed by atoms with Gasteiger partial charge in [-0.2, -0.15) is 4.37 Å². The summed E-state index contributed by atoms with van der Waals surface area (Å²) in [5.41, 5.74) is 0. The van der Waals surface area contributed by atoms with Crippen molar-refractivity contribution >= 4 is 16.7 Å². The summed E-state index contributed by atoms with van der Waals surface area (Å²) >= 11 is 1.50. The molecule has 0 aliphatic carbocycles. The Morgan fingerprint density at radius 2 is 2.10 bits per heavy atom. The quantitative estimate of drug-likeness (QED) is 0.838. The maximum Gasteiger partial charge on any atom is 0.202 e. The molecule has 1 aromatic heterocycles. The molecule has 1 fully saturated rings. The molecule has 0 bridgehead atoms. The fraction of sp³-hybridized carbons (Fsp3) is 0.867. The Kier molecular flexibility index (Phi) is 6.23. The molecule has 1 N–H and O–H groups in total. The molecule has 1 aliphatic heterocycles. The van der Waals surface area contributed by atoms with E-state index in [4.69, 9.17) is 0 Å². The number of nitrogens with one attached hydrogen (secondary N) is 1. The van der Waals surface area contributed by atoms with Gasteiger partial charge in [0.2, 0.25) is 5.13 Å². The Morgan fingerprint density at radius 1 is 1.35 bits per heavy atom. The van der Waals surface area contributed by atoms with Crippen molar-refractivity contribution in [2.75, 3.05) is 31.5 Å². The first-order valence-corrected chi connectivity index (χ1v) is 8.73. The normalized spacial score (nSPS) is 17.8. The van der Waals surface area contributed by atoms with Crippen LogP contribution in [0.25, 0.3) is 0 Å². The van der Waals surface area contributed by atoms with Gasteiger partial charge in [-0.15, -0.1) is 0 Å². The van der Waals surface area contributed by atoms with Crippen LogP contribution in [0.2, 0.25) is 0 Å². The maximum absolute atomic E-state index is 4.55. The molecule has 1 aromatic rings. The van der Waals surface area contributed by atoms with Crippen LogP contribution in [0.1, 0.15) is 45.9 Å². The zero-order chi connectivity index (χ0) is 14.4. The van der Waals surface area contributed by atoms with E-state index in [9.17, 15) is 0 Å². The van der Waals surface area contributed by atoms with Crippen molar-refractivity contribution < 1.29 is 0 Å². The molecule has 5 heteroatoms. The average molecular weight is 296 g/mol. The summed E-state index contributed by atoms with van der Waals surface area (Å²) in [4.78, 5) is 7.09. The number of aromatic nitrogens is 2. The van der Waals surface area contributed by atoms with Crippen molar-refractivity contribution in [2.24, 2.45) is 11.8 Å². The lowest BCUT2D eigenvalue weighted by atomic mass is 9.93. The molecule has 1 aliphatic rings. The SMILES string of the molecule is CCN1CCC(CCNc2nc(CC(C)C)ns2)CC1. The van der Waals surface area contributed by atoms with Gasteiger partial charge in [-0.05, 0) is 50.7 Å². The number of likely N-dealkylation sites (tertiary alicyclic amines) is 1. The summed E-state index contributed by atoms with van der Waals surface area (Å²) in [7, 11) is 0. The monoisotopic (exact) mass is 296 g/mol. The van der Waals surface area contributed by atoms with Crippen LogP contribution < -0.4 is 5.32 Å². The summed E-state index contributed by atoms with van der Waals surface area (Å²) in [6.07, 6.45) is 4.94. The minimum Gasteiger partial charge on any atom is -0.360 e. The Labute approximate surface area is 127 Å². The Balaban J connectivity index is 1.64. The number of piperidine rings is 1. The number of nitrogens with zero attached hydrogens (tertiary/aromatic N) is 3. The molecular formula is C15H28N4S. The smallest absolute Gasteiger partial charge is 0.202 e. The van der Waals surface area contributed by atoms with Gasteiger partial charge in [0.15, 0.2) is 0 Å². The number of hydrogen-bond acceptors (Lipinski definition) is 5. The third kappa shape index (κ3) is 5.02. The first-order valence-electron chi connectivity index (χ1n) is 7.96. The summed E-state index contributed by atoms with van der Waals surface area (Å²) in [6.45, 7) is 11.5. The molecule has 0 spiro atoms. The van der Waals surface area contributed by atoms with Crippen molar-refractivity contribution in [2.45, 2.75) is 46.5 Å². The van der Waals surface area contributed by atoms with E-state index in [0.29, 0.717) is 5.92 Å².